The van der Waals surface area contributed by atoms with Gasteiger partial charge in [0.05, 0.1) is 10.9 Å². The lowest BCUT2D eigenvalue weighted by molar-refractivity contribution is 0.797. The summed E-state index contributed by atoms with van der Waals surface area (Å²) in [4.78, 5) is 4.14. The molecule has 0 aliphatic carbocycles. The number of hydrogen-bond donors (Lipinski definition) is 0. The number of aryl methyl sites for hydroxylation is 2. The number of pyridine rings is 1. The molecule has 0 spiro atoms. The van der Waals surface area contributed by atoms with E-state index in [0.29, 0.717) is 5.15 Å². The molecule has 4 heteroatoms. The number of rotatable bonds is 0. The third-order valence-corrected chi connectivity index (χ3v) is 2.18. The first-order chi connectivity index (χ1) is 5.70. The average molecular weight is 182 g/mol. The minimum Gasteiger partial charge on any atom is -0.266 e. The zero-order valence-corrected chi connectivity index (χ0v) is 7.63. The van der Waals surface area contributed by atoms with Gasteiger partial charge in [-0.1, -0.05) is 11.6 Å². The lowest BCUT2D eigenvalue weighted by Gasteiger charge is -1.94. The van der Waals surface area contributed by atoms with Crippen LogP contribution in [-0.2, 0) is 7.05 Å². The van der Waals surface area contributed by atoms with Crippen molar-refractivity contribution in [2.75, 3.05) is 0 Å². The fourth-order valence-corrected chi connectivity index (χ4v) is 1.66. The maximum Gasteiger partial charge on any atom is 0.160 e. The van der Waals surface area contributed by atoms with Gasteiger partial charge in [0.2, 0.25) is 0 Å². The van der Waals surface area contributed by atoms with E-state index in [1.54, 1.807) is 10.9 Å². The van der Waals surface area contributed by atoms with Crippen molar-refractivity contribution in [2.24, 2.45) is 7.05 Å². The van der Waals surface area contributed by atoms with E-state index >= 15 is 0 Å². The maximum absolute atomic E-state index is 5.91. The Kier molecular flexibility index (Phi) is 1.54. The molecule has 2 aromatic heterocycles. The van der Waals surface area contributed by atoms with Crippen LogP contribution in [0.25, 0.3) is 10.9 Å². The zero-order valence-electron chi connectivity index (χ0n) is 6.87. The molecule has 0 aliphatic heterocycles. The summed E-state index contributed by atoms with van der Waals surface area (Å²) in [5, 5.41) is 5.57. The van der Waals surface area contributed by atoms with Crippen LogP contribution in [0.1, 0.15) is 5.69 Å². The summed E-state index contributed by atoms with van der Waals surface area (Å²) in [7, 11) is 1.87. The van der Waals surface area contributed by atoms with Crippen molar-refractivity contribution >= 4 is 22.5 Å². The van der Waals surface area contributed by atoms with E-state index in [2.05, 4.69) is 10.1 Å². The smallest absolute Gasteiger partial charge is 0.160 e. The monoisotopic (exact) mass is 181 g/mol. The molecule has 0 bridgehead atoms. The summed E-state index contributed by atoms with van der Waals surface area (Å²) >= 11 is 5.91. The van der Waals surface area contributed by atoms with Gasteiger partial charge < -0.3 is 0 Å². The van der Waals surface area contributed by atoms with Crippen molar-refractivity contribution in [3.8, 4) is 0 Å². The Morgan fingerprint density at radius 3 is 2.92 bits per heavy atom. The van der Waals surface area contributed by atoms with Gasteiger partial charge in [0.25, 0.3) is 0 Å². The van der Waals surface area contributed by atoms with Gasteiger partial charge in [0.15, 0.2) is 5.15 Å². The van der Waals surface area contributed by atoms with E-state index in [1.807, 2.05) is 20.0 Å². The summed E-state index contributed by atoms with van der Waals surface area (Å²) in [5.41, 5.74) is 1.94. The van der Waals surface area contributed by atoms with Crippen LogP contribution >= 0.6 is 11.6 Å². The van der Waals surface area contributed by atoms with Crippen LogP contribution in [0.4, 0.5) is 0 Å². The molecule has 0 fully saturated rings. The summed E-state index contributed by atoms with van der Waals surface area (Å²) in [5.74, 6) is 0. The molecule has 0 aromatic carbocycles. The second-order valence-electron chi connectivity index (χ2n) is 2.70. The highest BCUT2D eigenvalue weighted by atomic mass is 35.5. The number of fused-ring (bicyclic) bond motifs is 1. The highest BCUT2D eigenvalue weighted by molar-refractivity contribution is 6.34. The predicted molar refractivity (Wildman–Crippen MR) is 48.3 cm³/mol. The van der Waals surface area contributed by atoms with Crippen molar-refractivity contribution in [3.63, 3.8) is 0 Å². The molecule has 62 valence electrons. The van der Waals surface area contributed by atoms with Crippen LogP contribution in [-0.4, -0.2) is 14.8 Å². The molecule has 0 atom stereocenters. The molecular formula is C8H8ClN3. The predicted octanol–water partition coefficient (Wildman–Crippen LogP) is 1.93. The van der Waals surface area contributed by atoms with E-state index in [0.717, 1.165) is 16.6 Å². The van der Waals surface area contributed by atoms with Crippen molar-refractivity contribution in [3.05, 3.63) is 23.1 Å². The van der Waals surface area contributed by atoms with E-state index in [-0.39, 0.29) is 0 Å². The summed E-state index contributed by atoms with van der Waals surface area (Å²) in [6.07, 6.45) is 1.76. The van der Waals surface area contributed by atoms with Crippen molar-refractivity contribution in [1.29, 1.82) is 0 Å². The van der Waals surface area contributed by atoms with E-state index < -0.39 is 0 Å². The molecule has 0 unspecified atom stereocenters. The first-order valence-electron chi connectivity index (χ1n) is 3.64. The average Bonchev–Trinajstić information content (AvgIpc) is 2.29. The molecule has 0 saturated carbocycles. The van der Waals surface area contributed by atoms with E-state index in [9.17, 15) is 0 Å². The van der Waals surface area contributed by atoms with Gasteiger partial charge in [-0.25, -0.2) is 0 Å². The third-order valence-electron chi connectivity index (χ3n) is 1.91. The lowest BCUT2D eigenvalue weighted by Crippen LogP contribution is -1.89. The van der Waals surface area contributed by atoms with E-state index in [4.69, 9.17) is 11.6 Å². The zero-order chi connectivity index (χ0) is 8.72. The molecule has 0 radical (unpaired) electrons. The molecule has 0 aliphatic rings. The summed E-state index contributed by atoms with van der Waals surface area (Å²) in [6.45, 7) is 1.93. The minimum absolute atomic E-state index is 0.526. The number of hydrogen-bond acceptors (Lipinski definition) is 2. The highest BCUT2D eigenvalue weighted by Crippen LogP contribution is 2.23. The first-order valence-corrected chi connectivity index (χ1v) is 4.02. The Hall–Kier alpha value is -1.09. The molecule has 2 rings (SSSR count). The highest BCUT2D eigenvalue weighted by Gasteiger charge is 2.08. The maximum atomic E-state index is 5.91. The van der Waals surface area contributed by atoms with Gasteiger partial charge in [0.1, 0.15) is 0 Å². The van der Waals surface area contributed by atoms with Gasteiger partial charge in [0, 0.05) is 18.9 Å². The van der Waals surface area contributed by atoms with Crippen molar-refractivity contribution < 1.29 is 0 Å². The molecule has 0 N–H and O–H groups in total. The van der Waals surface area contributed by atoms with Gasteiger partial charge in [-0.05, 0) is 13.0 Å². The van der Waals surface area contributed by atoms with Gasteiger partial charge in [-0.2, -0.15) is 5.10 Å². The molecule has 0 amide bonds. The molecule has 2 heterocycles. The topological polar surface area (TPSA) is 30.7 Å². The summed E-state index contributed by atoms with van der Waals surface area (Å²) < 4.78 is 1.76. The Morgan fingerprint density at radius 1 is 1.50 bits per heavy atom. The summed E-state index contributed by atoms with van der Waals surface area (Å²) in [6, 6.07) is 1.90. The number of nitrogens with zero attached hydrogens (tertiary/aromatic N) is 3. The van der Waals surface area contributed by atoms with Crippen LogP contribution < -0.4 is 0 Å². The van der Waals surface area contributed by atoms with Crippen molar-refractivity contribution in [1.82, 2.24) is 14.8 Å². The molecule has 12 heavy (non-hydrogen) atoms. The Balaban J connectivity index is 2.99. The third kappa shape index (κ3) is 0.898. The second kappa shape index (κ2) is 2.45. The number of halogens is 1. The Labute approximate surface area is 75.0 Å². The molecular weight excluding hydrogens is 174 g/mol. The van der Waals surface area contributed by atoms with Gasteiger partial charge in [-0.3, -0.25) is 9.67 Å². The fourth-order valence-electron chi connectivity index (χ4n) is 1.31. The van der Waals surface area contributed by atoms with Crippen molar-refractivity contribution in [2.45, 2.75) is 6.92 Å². The minimum atomic E-state index is 0.526. The van der Waals surface area contributed by atoms with Crippen LogP contribution in [0.3, 0.4) is 0 Å². The van der Waals surface area contributed by atoms with Crippen LogP contribution in [0.2, 0.25) is 5.15 Å². The van der Waals surface area contributed by atoms with Crippen LogP contribution in [0.15, 0.2) is 12.3 Å². The van der Waals surface area contributed by atoms with Gasteiger partial charge in [-0.15, -0.1) is 0 Å². The van der Waals surface area contributed by atoms with Crippen LogP contribution in [0, 0.1) is 6.92 Å². The largest absolute Gasteiger partial charge is 0.266 e. The van der Waals surface area contributed by atoms with Crippen LogP contribution in [0.5, 0.6) is 0 Å². The Morgan fingerprint density at radius 2 is 2.25 bits per heavy atom. The van der Waals surface area contributed by atoms with Gasteiger partial charge >= 0.3 is 0 Å². The Bertz CT molecular complexity index is 433. The standard InChI is InChI=1S/C8H8ClN3/c1-5-7-6(3-4-10-5)12(2)11-8(7)9/h3-4H,1-2H3. The molecule has 3 nitrogen and oxygen atoms in total. The molecule has 2 aromatic rings. The SMILES string of the molecule is Cc1nccc2c1c(Cl)nn2C. The second-order valence-corrected chi connectivity index (χ2v) is 3.06. The first kappa shape index (κ1) is 7.55. The number of aromatic nitrogens is 3. The molecule has 0 saturated heterocycles. The van der Waals surface area contributed by atoms with E-state index in [1.165, 1.54) is 0 Å². The fraction of sp³-hybridized carbons (Fsp3) is 0.250. The lowest BCUT2D eigenvalue weighted by atomic mass is 10.2. The normalized spacial score (nSPS) is 10.9. The quantitative estimate of drug-likeness (QED) is 0.622.